The number of rotatable bonds is 5. The minimum Gasteiger partial charge on any atom is -0.497 e. The van der Waals surface area contributed by atoms with E-state index in [0.717, 1.165) is 11.3 Å². The van der Waals surface area contributed by atoms with Crippen molar-refractivity contribution in [2.75, 3.05) is 19.4 Å². The minimum absolute atomic E-state index is 0.0471. The SMILES string of the molecule is CCS(=O)(=O)[C@H]1[C@H](CN)[C@@H]1c1ccc(OC)cc1. The molecule has 1 aliphatic carbocycles. The maximum atomic E-state index is 12.0. The highest BCUT2D eigenvalue weighted by Crippen LogP contribution is 2.52. The van der Waals surface area contributed by atoms with Crippen LogP contribution in [0.4, 0.5) is 0 Å². The molecule has 1 fully saturated rings. The van der Waals surface area contributed by atoms with Crippen molar-refractivity contribution in [3.63, 3.8) is 0 Å². The molecule has 0 unspecified atom stereocenters. The molecule has 0 saturated heterocycles. The molecule has 0 aliphatic heterocycles. The molecule has 0 aromatic heterocycles. The summed E-state index contributed by atoms with van der Waals surface area (Å²) in [5.41, 5.74) is 6.71. The fourth-order valence-electron chi connectivity index (χ4n) is 2.57. The van der Waals surface area contributed by atoms with Gasteiger partial charge in [-0.15, -0.1) is 0 Å². The van der Waals surface area contributed by atoms with Crippen molar-refractivity contribution in [1.82, 2.24) is 0 Å². The van der Waals surface area contributed by atoms with E-state index >= 15 is 0 Å². The van der Waals surface area contributed by atoms with E-state index in [1.807, 2.05) is 24.3 Å². The number of nitrogens with two attached hydrogens (primary N) is 1. The van der Waals surface area contributed by atoms with Gasteiger partial charge in [0.05, 0.1) is 12.4 Å². The van der Waals surface area contributed by atoms with Gasteiger partial charge < -0.3 is 10.5 Å². The maximum absolute atomic E-state index is 12.0. The van der Waals surface area contributed by atoms with E-state index < -0.39 is 9.84 Å². The van der Waals surface area contributed by atoms with Crippen molar-refractivity contribution in [2.45, 2.75) is 18.1 Å². The predicted molar refractivity (Wildman–Crippen MR) is 71.5 cm³/mol. The number of hydrogen-bond donors (Lipinski definition) is 1. The second kappa shape index (κ2) is 4.90. The van der Waals surface area contributed by atoms with Crippen LogP contribution in [0, 0.1) is 5.92 Å². The van der Waals surface area contributed by atoms with Gasteiger partial charge in [-0.25, -0.2) is 8.42 Å². The van der Waals surface area contributed by atoms with Gasteiger partial charge in [0.2, 0.25) is 0 Å². The summed E-state index contributed by atoms with van der Waals surface area (Å²) in [6.07, 6.45) is 0. The molecule has 0 heterocycles. The van der Waals surface area contributed by atoms with Gasteiger partial charge in [0.25, 0.3) is 0 Å². The number of ether oxygens (including phenoxy) is 1. The Kier molecular flexibility index (Phi) is 3.64. The number of hydrogen-bond acceptors (Lipinski definition) is 4. The molecule has 18 heavy (non-hydrogen) atoms. The van der Waals surface area contributed by atoms with Crippen molar-refractivity contribution < 1.29 is 13.2 Å². The zero-order valence-corrected chi connectivity index (χ0v) is 11.5. The summed E-state index contributed by atoms with van der Waals surface area (Å²) in [4.78, 5) is 0. The lowest BCUT2D eigenvalue weighted by Gasteiger charge is -2.03. The number of methoxy groups -OCH3 is 1. The van der Waals surface area contributed by atoms with Gasteiger partial charge in [0, 0.05) is 11.7 Å². The summed E-state index contributed by atoms with van der Waals surface area (Å²) in [6.45, 7) is 2.10. The van der Waals surface area contributed by atoms with E-state index in [-0.39, 0.29) is 22.8 Å². The Hall–Kier alpha value is -1.07. The normalized spacial score (nSPS) is 26.9. The first-order valence-corrected chi connectivity index (χ1v) is 7.82. The highest BCUT2D eigenvalue weighted by Gasteiger charge is 2.56. The molecule has 1 saturated carbocycles. The molecule has 0 amide bonds. The summed E-state index contributed by atoms with van der Waals surface area (Å²) >= 11 is 0. The smallest absolute Gasteiger partial charge is 0.153 e. The van der Waals surface area contributed by atoms with Crippen molar-refractivity contribution in [2.24, 2.45) is 11.7 Å². The van der Waals surface area contributed by atoms with Gasteiger partial charge in [-0.3, -0.25) is 0 Å². The number of benzene rings is 1. The maximum Gasteiger partial charge on any atom is 0.153 e. The van der Waals surface area contributed by atoms with Crippen LogP contribution in [0.5, 0.6) is 5.75 Å². The molecular formula is C13H19NO3S. The predicted octanol–water partition coefficient (Wildman–Crippen LogP) is 1.17. The molecule has 2 N–H and O–H groups in total. The van der Waals surface area contributed by atoms with Gasteiger partial charge in [0.15, 0.2) is 9.84 Å². The third-order valence-corrected chi connectivity index (χ3v) is 5.96. The third kappa shape index (κ3) is 2.24. The summed E-state index contributed by atoms with van der Waals surface area (Å²) in [7, 11) is -1.40. The largest absolute Gasteiger partial charge is 0.497 e. The molecule has 4 nitrogen and oxygen atoms in total. The van der Waals surface area contributed by atoms with Crippen LogP contribution in [0.2, 0.25) is 0 Å². The molecule has 0 radical (unpaired) electrons. The van der Waals surface area contributed by atoms with Crippen LogP contribution in [0.1, 0.15) is 18.4 Å². The highest BCUT2D eigenvalue weighted by molar-refractivity contribution is 7.92. The van der Waals surface area contributed by atoms with E-state index in [1.165, 1.54) is 0 Å². The monoisotopic (exact) mass is 269 g/mol. The molecule has 100 valence electrons. The first-order valence-electron chi connectivity index (χ1n) is 6.10. The summed E-state index contributed by atoms with van der Waals surface area (Å²) in [5.74, 6) is 1.06. The Morgan fingerprint density at radius 1 is 1.28 bits per heavy atom. The van der Waals surface area contributed by atoms with E-state index in [9.17, 15) is 8.42 Å². The second-order valence-corrected chi connectivity index (χ2v) is 7.06. The second-order valence-electron chi connectivity index (χ2n) is 4.61. The van der Waals surface area contributed by atoms with Crippen LogP contribution in [0.15, 0.2) is 24.3 Å². The summed E-state index contributed by atoms with van der Waals surface area (Å²) < 4.78 is 29.0. The van der Waals surface area contributed by atoms with E-state index in [4.69, 9.17) is 10.5 Å². The van der Waals surface area contributed by atoms with Crippen LogP contribution in [0.25, 0.3) is 0 Å². The molecule has 1 aliphatic rings. The van der Waals surface area contributed by atoms with Gasteiger partial charge in [-0.1, -0.05) is 19.1 Å². The van der Waals surface area contributed by atoms with Crippen molar-refractivity contribution in [1.29, 1.82) is 0 Å². The average molecular weight is 269 g/mol. The molecule has 5 heteroatoms. The fourth-order valence-corrected chi connectivity index (χ4v) is 4.48. The lowest BCUT2D eigenvalue weighted by Crippen LogP contribution is -2.15. The minimum atomic E-state index is -3.01. The quantitative estimate of drug-likeness (QED) is 0.871. The zero-order valence-electron chi connectivity index (χ0n) is 10.7. The van der Waals surface area contributed by atoms with E-state index in [1.54, 1.807) is 14.0 Å². The molecule has 1 aromatic rings. The van der Waals surface area contributed by atoms with Crippen molar-refractivity contribution in [3.8, 4) is 5.75 Å². The van der Waals surface area contributed by atoms with Crippen LogP contribution < -0.4 is 10.5 Å². The molecule has 1 aromatic carbocycles. The summed E-state index contributed by atoms with van der Waals surface area (Å²) in [5, 5.41) is -0.305. The average Bonchev–Trinajstić information content (AvgIpc) is 3.14. The van der Waals surface area contributed by atoms with Crippen LogP contribution in [0.3, 0.4) is 0 Å². The van der Waals surface area contributed by atoms with Crippen LogP contribution in [-0.4, -0.2) is 33.1 Å². The Bertz CT molecular complexity index is 510. The Morgan fingerprint density at radius 2 is 1.89 bits per heavy atom. The summed E-state index contributed by atoms with van der Waals surface area (Å²) in [6, 6.07) is 7.57. The molecule has 0 spiro atoms. The fraction of sp³-hybridized carbons (Fsp3) is 0.538. The first-order chi connectivity index (χ1) is 8.55. The highest BCUT2D eigenvalue weighted by atomic mass is 32.2. The lowest BCUT2D eigenvalue weighted by molar-refractivity contribution is 0.414. The van der Waals surface area contributed by atoms with Gasteiger partial charge in [-0.05, 0) is 30.2 Å². The van der Waals surface area contributed by atoms with Gasteiger partial charge in [-0.2, -0.15) is 0 Å². The zero-order chi connectivity index (χ0) is 13.3. The van der Waals surface area contributed by atoms with Crippen LogP contribution >= 0.6 is 0 Å². The molecule has 0 bridgehead atoms. The Morgan fingerprint density at radius 3 is 2.33 bits per heavy atom. The molecule has 3 atom stereocenters. The van der Waals surface area contributed by atoms with Gasteiger partial charge in [0.1, 0.15) is 5.75 Å². The van der Waals surface area contributed by atoms with Crippen LogP contribution in [-0.2, 0) is 9.84 Å². The van der Waals surface area contributed by atoms with E-state index in [2.05, 4.69) is 0 Å². The lowest BCUT2D eigenvalue weighted by atomic mass is 10.1. The Labute approximate surface area is 108 Å². The topological polar surface area (TPSA) is 69.4 Å². The molecule has 2 rings (SSSR count). The first kappa shape index (κ1) is 13.4. The van der Waals surface area contributed by atoms with Gasteiger partial charge >= 0.3 is 0 Å². The van der Waals surface area contributed by atoms with Crippen molar-refractivity contribution in [3.05, 3.63) is 29.8 Å². The van der Waals surface area contributed by atoms with Crippen molar-refractivity contribution >= 4 is 9.84 Å². The van der Waals surface area contributed by atoms with E-state index in [0.29, 0.717) is 6.54 Å². The third-order valence-electron chi connectivity index (χ3n) is 3.69. The number of sulfone groups is 1. The Balaban J connectivity index is 2.23. The molecular weight excluding hydrogens is 250 g/mol. The standard InChI is InChI=1S/C13H19NO3S/c1-3-18(15,16)13-11(8-14)12(13)9-4-6-10(17-2)7-5-9/h4-7,11-13H,3,8,14H2,1-2H3/t11-,12+,13+/m1/s1.